The second kappa shape index (κ2) is 5.00. The third-order valence-electron chi connectivity index (χ3n) is 1.86. The van der Waals surface area contributed by atoms with E-state index < -0.39 is 16.6 Å². The van der Waals surface area contributed by atoms with Gasteiger partial charge in [-0.3, -0.25) is 0 Å². The highest BCUT2D eigenvalue weighted by Crippen LogP contribution is 2.27. The normalized spacial score (nSPS) is 11.4. The molecule has 0 radical (unpaired) electrons. The topological polar surface area (TPSA) is 118 Å². The van der Waals surface area contributed by atoms with E-state index in [1.54, 1.807) is 0 Å². The van der Waals surface area contributed by atoms with Crippen LogP contribution in [-0.4, -0.2) is 28.7 Å². The van der Waals surface area contributed by atoms with E-state index in [0.29, 0.717) is 0 Å². The van der Waals surface area contributed by atoms with Gasteiger partial charge in [0.1, 0.15) is 17.3 Å². The molecule has 0 aliphatic rings. The van der Waals surface area contributed by atoms with Crippen LogP contribution in [0.1, 0.15) is 5.76 Å². The Bertz CT molecular complexity index is 642. The predicted octanol–water partition coefficient (Wildman–Crippen LogP) is 0.520. The van der Waals surface area contributed by atoms with Gasteiger partial charge < -0.3 is 9.52 Å². The molecule has 2 heterocycles. The van der Waals surface area contributed by atoms with Crippen molar-refractivity contribution in [2.24, 2.45) is 0 Å². The summed E-state index contributed by atoms with van der Waals surface area (Å²) in [5, 5.41) is 15.9. The zero-order valence-corrected chi connectivity index (χ0v) is 11.1. The summed E-state index contributed by atoms with van der Waals surface area (Å²) in [4.78, 5) is 3.53. The lowest BCUT2D eigenvalue weighted by atomic mass is 10.5. The standard InChI is InChI=1S/C8H7BrN4O4S/c9-7-6(3-5(4-14)17-7)18(15,16)13-8-10-1-2-11-12-8/h1-3,14H,4H2,(H,10,12,13). The predicted molar refractivity (Wildman–Crippen MR) is 63.0 cm³/mol. The van der Waals surface area contributed by atoms with Crippen LogP contribution in [-0.2, 0) is 16.6 Å². The van der Waals surface area contributed by atoms with Crippen LogP contribution in [0.25, 0.3) is 0 Å². The van der Waals surface area contributed by atoms with Crippen LogP contribution in [0.5, 0.6) is 0 Å². The van der Waals surface area contributed by atoms with Gasteiger partial charge in [-0.05, 0) is 15.9 Å². The van der Waals surface area contributed by atoms with Crippen molar-refractivity contribution in [2.75, 3.05) is 4.72 Å². The maximum absolute atomic E-state index is 12.0. The van der Waals surface area contributed by atoms with E-state index in [0.717, 1.165) is 0 Å². The molecule has 0 saturated heterocycles. The molecule has 2 aromatic rings. The summed E-state index contributed by atoms with van der Waals surface area (Å²) in [6.45, 7) is -0.405. The van der Waals surface area contributed by atoms with Crippen molar-refractivity contribution in [3.8, 4) is 0 Å². The molecular weight excluding hydrogens is 328 g/mol. The quantitative estimate of drug-likeness (QED) is 0.836. The molecule has 2 aromatic heterocycles. The average molecular weight is 335 g/mol. The molecule has 0 atom stereocenters. The molecule has 0 amide bonds. The summed E-state index contributed by atoms with van der Waals surface area (Å²) in [5.74, 6) is -0.0366. The van der Waals surface area contributed by atoms with E-state index in [1.807, 2.05) is 0 Å². The van der Waals surface area contributed by atoms with Crippen LogP contribution in [0.15, 0.2) is 32.4 Å². The van der Waals surface area contributed by atoms with Crippen molar-refractivity contribution in [2.45, 2.75) is 11.5 Å². The molecule has 0 aliphatic heterocycles. The number of halogens is 1. The number of sulfonamides is 1. The van der Waals surface area contributed by atoms with Gasteiger partial charge in [0, 0.05) is 6.07 Å². The molecule has 18 heavy (non-hydrogen) atoms. The molecular formula is C8H7BrN4O4S. The first kappa shape index (κ1) is 12.9. The van der Waals surface area contributed by atoms with E-state index in [2.05, 4.69) is 35.8 Å². The number of hydrogen-bond acceptors (Lipinski definition) is 7. The van der Waals surface area contributed by atoms with Crippen LogP contribution in [0.4, 0.5) is 5.95 Å². The molecule has 8 nitrogen and oxygen atoms in total. The van der Waals surface area contributed by atoms with Crippen molar-refractivity contribution in [3.05, 3.63) is 28.9 Å². The Morgan fingerprint density at radius 2 is 2.22 bits per heavy atom. The van der Waals surface area contributed by atoms with Gasteiger partial charge in [-0.1, -0.05) is 0 Å². The van der Waals surface area contributed by atoms with Gasteiger partial charge >= 0.3 is 0 Å². The number of furan rings is 1. The van der Waals surface area contributed by atoms with Crippen LogP contribution in [0.3, 0.4) is 0 Å². The fourth-order valence-electron chi connectivity index (χ4n) is 1.13. The van der Waals surface area contributed by atoms with Crippen LogP contribution in [0, 0.1) is 0 Å². The lowest BCUT2D eigenvalue weighted by Gasteiger charge is -2.02. The molecule has 0 unspecified atom stereocenters. The Morgan fingerprint density at radius 3 is 2.78 bits per heavy atom. The maximum Gasteiger partial charge on any atom is 0.268 e. The van der Waals surface area contributed by atoms with Gasteiger partial charge in [-0.15, -0.1) is 5.10 Å². The SMILES string of the molecule is O=S(=O)(Nc1nccnn1)c1cc(CO)oc1Br. The average Bonchev–Trinajstić information content (AvgIpc) is 2.72. The molecule has 0 bridgehead atoms. The van der Waals surface area contributed by atoms with E-state index in [1.165, 1.54) is 18.5 Å². The lowest BCUT2D eigenvalue weighted by Crippen LogP contribution is -2.15. The second-order valence-corrected chi connectivity index (χ2v) is 5.45. The minimum atomic E-state index is -3.90. The molecule has 0 saturated carbocycles. The summed E-state index contributed by atoms with van der Waals surface area (Å²) in [5.41, 5.74) is 0. The van der Waals surface area contributed by atoms with Crippen molar-refractivity contribution in [1.82, 2.24) is 15.2 Å². The zero-order valence-electron chi connectivity index (χ0n) is 8.74. The second-order valence-electron chi connectivity index (χ2n) is 3.08. The van der Waals surface area contributed by atoms with Gasteiger partial charge in [0.05, 0.1) is 12.4 Å². The number of hydrogen-bond donors (Lipinski definition) is 2. The van der Waals surface area contributed by atoms with Crippen molar-refractivity contribution < 1.29 is 17.9 Å². The monoisotopic (exact) mass is 334 g/mol. The molecule has 10 heteroatoms. The van der Waals surface area contributed by atoms with Crippen LogP contribution < -0.4 is 4.72 Å². The number of nitrogens with one attached hydrogen (secondary N) is 1. The third-order valence-corrected chi connectivity index (χ3v) is 4.05. The van der Waals surface area contributed by atoms with Crippen molar-refractivity contribution >= 4 is 31.9 Å². The molecule has 96 valence electrons. The number of rotatable bonds is 4. The maximum atomic E-state index is 12.0. The zero-order chi connectivity index (χ0) is 13.2. The van der Waals surface area contributed by atoms with Gasteiger partial charge in [0.15, 0.2) is 4.67 Å². The van der Waals surface area contributed by atoms with Crippen molar-refractivity contribution in [3.63, 3.8) is 0 Å². The molecule has 0 spiro atoms. The summed E-state index contributed by atoms with van der Waals surface area (Å²) >= 11 is 2.95. The van der Waals surface area contributed by atoms with Gasteiger partial charge in [-0.2, -0.15) is 5.10 Å². The minimum absolute atomic E-state index is 0.0112. The fourth-order valence-corrected chi connectivity index (χ4v) is 3.07. The highest BCUT2D eigenvalue weighted by molar-refractivity contribution is 9.10. The van der Waals surface area contributed by atoms with Gasteiger partial charge in [0.2, 0.25) is 0 Å². The van der Waals surface area contributed by atoms with Gasteiger partial charge in [0.25, 0.3) is 16.0 Å². The third kappa shape index (κ3) is 2.66. The number of nitrogens with zero attached hydrogens (tertiary/aromatic N) is 3. The van der Waals surface area contributed by atoms with Crippen LogP contribution >= 0.6 is 15.9 Å². The smallest absolute Gasteiger partial charge is 0.268 e. The number of aliphatic hydroxyl groups is 1. The largest absolute Gasteiger partial charge is 0.450 e. The summed E-state index contributed by atoms with van der Waals surface area (Å²) in [6, 6.07) is 1.20. The molecule has 0 fully saturated rings. The Kier molecular flexibility index (Phi) is 3.59. The summed E-state index contributed by atoms with van der Waals surface area (Å²) in [6.07, 6.45) is 2.61. The summed E-state index contributed by atoms with van der Waals surface area (Å²) < 4.78 is 31.0. The van der Waals surface area contributed by atoms with Crippen LogP contribution in [0.2, 0.25) is 0 Å². The number of aliphatic hydroxyl groups excluding tert-OH is 1. The summed E-state index contributed by atoms with van der Waals surface area (Å²) in [7, 11) is -3.90. The minimum Gasteiger partial charge on any atom is -0.450 e. The molecule has 0 aliphatic carbocycles. The van der Waals surface area contributed by atoms with Gasteiger partial charge in [-0.25, -0.2) is 18.1 Å². The van der Waals surface area contributed by atoms with E-state index in [9.17, 15) is 8.42 Å². The van der Waals surface area contributed by atoms with E-state index in [4.69, 9.17) is 9.52 Å². The highest BCUT2D eigenvalue weighted by atomic mass is 79.9. The first-order valence-corrected chi connectivity index (χ1v) is 6.86. The Labute approximate surface area is 110 Å². The lowest BCUT2D eigenvalue weighted by molar-refractivity contribution is 0.245. The van der Waals surface area contributed by atoms with Crippen molar-refractivity contribution in [1.29, 1.82) is 0 Å². The highest BCUT2D eigenvalue weighted by Gasteiger charge is 2.23. The Morgan fingerprint density at radius 1 is 1.44 bits per heavy atom. The molecule has 2 rings (SSSR count). The fraction of sp³-hybridized carbons (Fsp3) is 0.125. The Hall–Kier alpha value is -1.52. The Balaban J connectivity index is 2.34. The number of aromatic nitrogens is 3. The van der Waals surface area contributed by atoms with E-state index in [-0.39, 0.29) is 21.3 Å². The molecule has 2 N–H and O–H groups in total. The van der Waals surface area contributed by atoms with E-state index >= 15 is 0 Å². The number of anilines is 1. The molecule has 0 aromatic carbocycles. The first-order valence-electron chi connectivity index (χ1n) is 4.58. The first-order chi connectivity index (χ1) is 8.53.